The maximum absolute atomic E-state index is 13.1. The molecule has 5 aliphatic rings. The van der Waals surface area contributed by atoms with Crippen LogP contribution in [0.15, 0.2) is 48.8 Å². The summed E-state index contributed by atoms with van der Waals surface area (Å²) in [6.07, 6.45) is 10.2. The van der Waals surface area contributed by atoms with Crippen LogP contribution in [0.3, 0.4) is 0 Å². The number of carbonyl (C=O) groups is 5. The van der Waals surface area contributed by atoms with Crippen molar-refractivity contribution >= 4 is 47.0 Å². The number of ether oxygens (including phenoxy) is 2. The van der Waals surface area contributed by atoms with E-state index in [0.717, 1.165) is 81.7 Å². The minimum absolute atomic E-state index is 0.0133. The zero-order valence-corrected chi connectivity index (χ0v) is 32.0. The molecule has 2 saturated heterocycles. The Balaban J connectivity index is 0.721. The molecule has 1 unspecified atom stereocenters. The zero-order chi connectivity index (χ0) is 39.6. The van der Waals surface area contributed by atoms with Crippen LogP contribution in [0.4, 0.5) is 5.82 Å². The standard InChI is InChI=1S/C41H43ClN8O7/c42-33-18-29(4-1-24(33)19-43)56-27-5-2-25(3-6-27)47-38(52)34-21-46-36(22-45-34)49-13-11-23(12-14-49)20-44-26-15-30(16-26)57-28-7-8-31-32(17-28)41(55)50(40(31)54)35-9-10-37(51)48-39(35)53/h1,4,7-8,17-18,21-23,25-27,30,35,44H,2-3,5-6,9-16,20H2,(H,47,52)(H,48,51,53)/t25-,26-,27-,30-,35?. The van der Waals surface area contributed by atoms with Crippen LogP contribution in [-0.4, -0.2) is 94.4 Å². The molecule has 0 spiro atoms. The summed E-state index contributed by atoms with van der Waals surface area (Å²) < 4.78 is 12.2. The van der Waals surface area contributed by atoms with E-state index in [9.17, 15) is 24.0 Å². The van der Waals surface area contributed by atoms with E-state index >= 15 is 0 Å². The number of rotatable bonds is 11. The third-order valence-electron chi connectivity index (χ3n) is 11.7. The minimum Gasteiger partial charge on any atom is -0.490 e. The molecule has 8 rings (SSSR count). The van der Waals surface area contributed by atoms with Crippen LogP contribution in [-0.2, 0) is 9.59 Å². The monoisotopic (exact) mass is 794 g/mol. The second-order valence-electron chi connectivity index (χ2n) is 15.5. The number of piperidine rings is 2. The van der Waals surface area contributed by atoms with E-state index in [1.807, 2.05) is 6.07 Å². The molecular formula is C41H43ClN8O7. The Morgan fingerprint density at radius 3 is 2.28 bits per heavy atom. The normalized spacial score (nSPS) is 24.9. The van der Waals surface area contributed by atoms with Crippen LogP contribution in [0.1, 0.15) is 101 Å². The van der Waals surface area contributed by atoms with Gasteiger partial charge in [0.05, 0.1) is 40.2 Å². The molecule has 57 heavy (non-hydrogen) atoms. The number of aromatic nitrogens is 2. The number of nitrogens with zero attached hydrogens (tertiary/aromatic N) is 5. The highest BCUT2D eigenvalue weighted by Crippen LogP contribution is 2.33. The quantitative estimate of drug-likeness (QED) is 0.237. The smallest absolute Gasteiger partial charge is 0.271 e. The van der Waals surface area contributed by atoms with Crippen molar-refractivity contribution in [2.75, 3.05) is 24.5 Å². The van der Waals surface area contributed by atoms with Crippen LogP contribution >= 0.6 is 11.6 Å². The van der Waals surface area contributed by atoms with Gasteiger partial charge in [0.15, 0.2) is 0 Å². The van der Waals surface area contributed by atoms with Crippen LogP contribution in [0.25, 0.3) is 0 Å². The topological polar surface area (TPSA) is 196 Å². The number of nitrogens with one attached hydrogen (secondary N) is 3. The number of hydrogen-bond donors (Lipinski definition) is 3. The van der Waals surface area contributed by atoms with Crippen molar-refractivity contribution in [3.8, 4) is 17.6 Å². The van der Waals surface area contributed by atoms with Gasteiger partial charge >= 0.3 is 0 Å². The van der Waals surface area contributed by atoms with Crippen molar-refractivity contribution in [3.05, 3.63) is 76.2 Å². The molecule has 2 saturated carbocycles. The highest BCUT2D eigenvalue weighted by atomic mass is 35.5. The highest BCUT2D eigenvalue weighted by Gasteiger charge is 2.45. The lowest BCUT2D eigenvalue weighted by Gasteiger charge is -2.38. The average molecular weight is 795 g/mol. The van der Waals surface area contributed by atoms with E-state index in [4.69, 9.17) is 26.3 Å². The van der Waals surface area contributed by atoms with E-state index in [2.05, 4.69) is 30.8 Å². The summed E-state index contributed by atoms with van der Waals surface area (Å²) in [5.41, 5.74) is 1.15. The van der Waals surface area contributed by atoms with Crippen LogP contribution in [0, 0.1) is 17.2 Å². The van der Waals surface area contributed by atoms with Gasteiger partial charge in [-0.3, -0.25) is 34.2 Å². The van der Waals surface area contributed by atoms with Crippen LogP contribution in [0.2, 0.25) is 5.02 Å². The van der Waals surface area contributed by atoms with Crippen molar-refractivity contribution in [2.24, 2.45) is 5.92 Å². The van der Waals surface area contributed by atoms with Gasteiger partial charge < -0.3 is 25.0 Å². The third-order valence-corrected chi connectivity index (χ3v) is 12.0. The van der Waals surface area contributed by atoms with Crippen molar-refractivity contribution < 1.29 is 33.4 Å². The first-order valence-electron chi connectivity index (χ1n) is 19.6. The fourth-order valence-electron chi connectivity index (χ4n) is 8.28. The number of amides is 5. The Kier molecular flexibility index (Phi) is 11.1. The predicted molar refractivity (Wildman–Crippen MR) is 206 cm³/mol. The first kappa shape index (κ1) is 38.3. The Hall–Kier alpha value is -5.59. The number of carbonyl (C=O) groups excluding carboxylic acids is 5. The van der Waals surface area contributed by atoms with E-state index < -0.39 is 29.7 Å². The fraction of sp³-hybridized carbons (Fsp3) is 0.463. The maximum atomic E-state index is 13.1. The zero-order valence-electron chi connectivity index (χ0n) is 31.2. The molecule has 3 aliphatic heterocycles. The lowest BCUT2D eigenvalue weighted by atomic mass is 9.88. The molecule has 2 aliphatic carbocycles. The summed E-state index contributed by atoms with van der Waals surface area (Å²) in [6.45, 7) is 2.60. The van der Waals surface area contributed by atoms with Crippen LogP contribution < -0.4 is 30.3 Å². The van der Waals surface area contributed by atoms with Gasteiger partial charge in [-0.05, 0) is 101 Å². The molecule has 15 nitrogen and oxygen atoms in total. The van der Waals surface area contributed by atoms with Gasteiger partial charge in [-0.2, -0.15) is 5.26 Å². The summed E-state index contributed by atoms with van der Waals surface area (Å²) in [4.78, 5) is 75.2. The largest absolute Gasteiger partial charge is 0.490 e. The predicted octanol–water partition coefficient (Wildman–Crippen LogP) is 3.94. The Morgan fingerprint density at radius 2 is 1.58 bits per heavy atom. The number of nitriles is 1. The van der Waals surface area contributed by atoms with Gasteiger partial charge in [0.2, 0.25) is 11.8 Å². The first-order valence-corrected chi connectivity index (χ1v) is 20.0. The maximum Gasteiger partial charge on any atom is 0.271 e. The molecule has 4 heterocycles. The van der Waals surface area contributed by atoms with Gasteiger partial charge in [0.1, 0.15) is 41.2 Å². The van der Waals surface area contributed by atoms with Gasteiger partial charge in [-0.25, -0.2) is 9.97 Å². The van der Waals surface area contributed by atoms with Crippen molar-refractivity contribution in [1.29, 1.82) is 5.26 Å². The fourth-order valence-corrected chi connectivity index (χ4v) is 8.50. The van der Waals surface area contributed by atoms with E-state index in [-0.39, 0.29) is 48.1 Å². The van der Waals surface area contributed by atoms with Crippen molar-refractivity contribution in [3.63, 3.8) is 0 Å². The number of fused-ring (bicyclic) bond motifs is 1. The Labute approximate surface area is 334 Å². The molecule has 0 radical (unpaired) electrons. The summed E-state index contributed by atoms with van der Waals surface area (Å²) in [7, 11) is 0. The first-order chi connectivity index (χ1) is 27.6. The molecule has 2 aromatic carbocycles. The van der Waals surface area contributed by atoms with Crippen LogP contribution in [0.5, 0.6) is 11.5 Å². The molecule has 0 bridgehead atoms. The molecule has 1 atom stereocenters. The van der Waals surface area contributed by atoms with E-state index in [1.54, 1.807) is 48.8 Å². The van der Waals surface area contributed by atoms with E-state index in [1.165, 1.54) is 0 Å². The number of benzene rings is 2. The summed E-state index contributed by atoms with van der Waals surface area (Å²) in [5, 5.41) is 18.4. The summed E-state index contributed by atoms with van der Waals surface area (Å²) >= 11 is 6.14. The lowest BCUT2D eigenvalue weighted by molar-refractivity contribution is -0.136. The average Bonchev–Trinajstić information content (AvgIpc) is 3.44. The number of anilines is 1. The summed E-state index contributed by atoms with van der Waals surface area (Å²) in [5.74, 6) is 0.0666. The minimum atomic E-state index is -1.00. The highest BCUT2D eigenvalue weighted by molar-refractivity contribution is 6.31. The number of hydrogen-bond acceptors (Lipinski definition) is 12. The van der Waals surface area contributed by atoms with Crippen molar-refractivity contribution in [2.45, 2.75) is 94.5 Å². The summed E-state index contributed by atoms with van der Waals surface area (Å²) in [6, 6.07) is 11.3. The second kappa shape index (κ2) is 16.5. The van der Waals surface area contributed by atoms with Gasteiger partial charge in [0, 0.05) is 37.7 Å². The Bertz CT molecular complexity index is 2100. The third kappa shape index (κ3) is 8.43. The van der Waals surface area contributed by atoms with Gasteiger partial charge in [-0.1, -0.05) is 11.6 Å². The number of imide groups is 2. The number of halogens is 1. The second-order valence-corrected chi connectivity index (χ2v) is 15.9. The van der Waals surface area contributed by atoms with E-state index in [0.29, 0.717) is 39.7 Å². The molecule has 4 fully saturated rings. The molecule has 296 valence electrons. The SMILES string of the molecule is N#Cc1ccc(O[C@H]2CC[C@H](NC(=O)c3cnc(N4CCC(CN[C@H]5C[C@H](Oc6ccc7c(c6)C(=O)N(C6CCC(=O)NC6=O)C7=O)C5)CC4)cn3)CC2)cc1Cl. The molecular weight excluding hydrogens is 752 g/mol. The molecule has 5 amide bonds. The molecule has 16 heteroatoms. The molecule has 3 aromatic rings. The lowest BCUT2D eigenvalue weighted by Crippen LogP contribution is -2.54. The Morgan fingerprint density at radius 1 is 0.860 bits per heavy atom. The molecule has 1 aromatic heterocycles. The molecule has 3 N–H and O–H groups in total. The van der Waals surface area contributed by atoms with Crippen molar-refractivity contribution in [1.82, 2.24) is 30.8 Å². The van der Waals surface area contributed by atoms with Gasteiger partial charge in [0.25, 0.3) is 17.7 Å². The van der Waals surface area contributed by atoms with Gasteiger partial charge in [-0.15, -0.1) is 0 Å².